The third-order valence-corrected chi connectivity index (χ3v) is 7.04. The molecule has 1 fully saturated rings. The van der Waals surface area contributed by atoms with Crippen LogP contribution >= 0.6 is 0 Å². The van der Waals surface area contributed by atoms with E-state index in [4.69, 9.17) is 14.2 Å². The maximum atomic E-state index is 12.7. The summed E-state index contributed by atoms with van der Waals surface area (Å²) < 4.78 is 42.8. The Kier molecular flexibility index (Phi) is 8.63. The first kappa shape index (κ1) is 24.2. The van der Waals surface area contributed by atoms with Crippen LogP contribution in [-0.2, 0) is 30.7 Å². The zero-order valence-electron chi connectivity index (χ0n) is 18.5. The number of ether oxygens (including phenoxy) is 3. The number of nitrogens with one attached hydrogen (secondary N) is 1. The summed E-state index contributed by atoms with van der Waals surface area (Å²) in [5, 5.41) is 2.89. The van der Waals surface area contributed by atoms with Crippen LogP contribution in [0.4, 0.5) is 5.69 Å². The van der Waals surface area contributed by atoms with Gasteiger partial charge in [-0.3, -0.25) is 4.79 Å². The Morgan fingerprint density at radius 3 is 2.50 bits per heavy atom. The number of carbonyl (C=O) groups excluding carboxylic acids is 1. The number of aryl methyl sites for hydroxylation is 2. The molecule has 0 radical (unpaired) electrons. The van der Waals surface area contributed by atoms with Gasteiger partial charge >= 0.3 is 0 Å². The number of hydrogen-bond acceptors (Lipinski definition) is 6. The van der Waals surface area contributed by atoms with Crippen molar-refractivity contribution in [3.05, 3.63) is 53.6 Å². The van der Waals surface area contributed by atoms with Crippen molar-refractivity contribution in [3.8, 4) is 5.75 Å². The van der Waals surface area contributed by atoms with Crippen LogP contribution in [-0.4, -0.2) is 65.3 Å². The molecule has 3 rings (SSSR count). The van der Waals surface area contributed by atoms with Crippen molar-refractivity contribution in [2.75, 3.05) is 51.9 Å². The Labute approximate surface area is 189 Å². The first-order valence-electron chi connectivity index (χ1n) is 10.6. The van der Waals surface area contributed by atoms with Crippen LogP contribution in [0, 0.1) is 6.92 Å². The summed E-state index contributed by atoms with van der Waals surface area (Å²) in [5.74, 6) is 0.462. The molecule has 1 saturated heterocycles. The highest BCUT2D eigenvalue weighted by Gasteiger charge is 2.26. The van der Waals surface area contributed by atoms with Crippen molar-refractivity contribution < 1.29 is 27.4 Å². The van der Waals surface area contributed by atoms with Gasteiger partial charge in [0.25, 0.3) is 0 Å². The van der Waals surface area contributed by atoms with Gasteiger partial charge in [-0.05, 0) is 48.7 Å². The average molecular weight is 463 g/mol. The highest BCUT2D eigenvalue weighted by Crippen LogP contribution is 2.26. The minimum Gasteiger partial charge on any atom is -0.489 e. The lowest BCUT2D eigenvalue weighted by molar-refractivity contribution is -0.116. The monoisotopic (exact) mass is 462 g/mol. The van der Waals surface area contributed by atoms with Crippen LogP contribution in [0.1, 0.15) is 17.5 Å². The zero-order valence-corrected chi connectivity index (χ0v) is 19.3. The minimum absolute atomic E-state index is 0.143. The molecular formula is C23H30N2O6S. The highest BCUT2D eigenvalue weighted by atomic mass is 32.2. The number of hydrogen-bond donors (Lipinski definition) is 1. The molecule has 1 aliphatic heterocycles. The average Bonchev–Trinajstić information content (AvgIpc) is 2.80. The van der Waals surface area contributed by atoms with E-state index in [1.54, 1.807) is 31.4 Å². The lowest BCUT2D eigenvalue weighted by atomic mass is 10.1. The van der Waals surface area contributed by atoms with Gasteiger partial charge in [-0.2, -0.15) is 4.31 Å². The fourth-order valence-electron chi connectivity index (χ4n) is 3.32. The normalized spacial score (nSPS) is 14.8. The van der Waals surface area contributed by atoms with E-state index in [1.807, 2.05) is 25.1 Å². The van der Waals surface area contributed by atoms with Gasteiger partial charge in [0, 0.05) is 26.6 Å². The van der Waals surface area contributed by atoms with E-state index >= 15 is 0 Å². The molecule has 2 aromatic rings. The van der Waals surface area contributed by atoms with Gasteiger partial charge in [-0.25, -0.2) is 8.42 Å². The molecule has 174 valence electrons. The van der Waals surface area contributed by atoms with Gasteiger partial charge in [-0.1, -0.05) is 18.2 Å². The second-order valence-corrected chi connectivity index (χ2v) is 9.49. The first-order chi connectivity index (χ1) is 15.4. The predicted molar refractivity (Wildman–Crippen MR) is 122 cm³/mol. The van der Waals surface area contributed by atoms with E-state index in [0.29, 0.717) is 57.4 Å². The summed E-state index contributed by atoms with van der Waals surface area (Å²) in [6.45, 7) is 4.35. The molecule has 1 amide bonds. The van der Waals surface area contributed by atoms with Crippen LogP contribution < -0.4 is 10.1 Å². The number of morpholine rings is 1. The zero-order chi connectivity index (χ0) is 23.0. The van der Waals surface area contributed by atoms with E-state index in [2.05, 4.69) is 5.32 Å². The molecule has 0 unspecified atom stereocenters. The van der Waals surface area contributed by atoms with Crippen molar-refractivity contribution >= 4 is 21.6 Å². The topological polar surface area (TPSA) is 94.2 Å². The molecular weight excluding hydrogens is 432 g/mol. The van der Waals surface area contributed by atoms with Gasteiger partial charge in [-0.15, -0.1) is 0 Å². The fraction of sp³-hybridized carbons (Fsp3) is 0.435. The third-order valence-electron chi connectivity index (χ3n) is 5.13. The van der Waals surface area contributed by atoms with Crippen molar-refractivity contribution in [1.29, 1.82) is 0 Å². The van der Waals surface area contributed by atoms with Crippen LogP contribution in [0.3, 0.4) is 0 Å². The molecule has 0 spiro atoms. The Hall–Kier alpha value is -2.46. The van der Waals surface area contributed by atoms with Crippen LogP contribution in [0.25, 0.3) is 0 Å². The largest absolute Gasteiger partial charge is 0.489 e. The van der Waals surface area contributed by atoms with E-state index < -0.39 is 10.0 Å². The Bertz CT molecular complexity index is 1000. The van der Waals surface area contributed by atoms with Crippen molar-refractivity contribution in [2.45, 2.75) is 24.7 Å². The second-order valence-electron chi connectivity index (χ2n) is 7.55. The summed E-state index contributed by atoms with van der Waals surface area (Å²) in [5.41, 5.74) is 2.53. The molecule has 0 bridgehead atoms. The van der Waals surface area contributed by atoms with Crippen LogP contribution in [0.5, 0.6) is 5.75 Å². The predicted octanol–water partition coefficient (Wildman–Crippen LogP) is 2.61. The number of carbonyl (C=O) groups is 1. The molecule has 1 aliphatic rings. The lowest BCUT2D eigenvalue weighted by Crippen LogP contribution is -2.40. The molecule has 0 aliphatic carbocycles. The van der Waals surface area contributed by atoms with Gasteiger partial charge in [0.05, 0.1) is 30.4 Å². The molecule has 0 atom stereocenters. The molecule has 2 aromatic carbocycles. The van der Waals surface area contributed by atoms with E-state index in [0.717, 1.165) is 11.1 Å². The Morgan fingerprint density at radius 2 is 1.81 bits per heavy atom. The van der Waals surface area contributed by atoms with Gasteiger partial charge in [0.2, 0.25) is 15.9 Å². The van der Waals surface area contributed by atoms with E-state index in [9.17, 15) is 13.2 Å². The first-order valence-corrected chi connectivity index (χ1v) is 12.0. The molecule has 0 aromatic heterocycles. The Balaban J connectivity index is 1.56. The van der Waals surface area contributed by atoms with Crippen LogP contribution in [0.2, 0.25) is 0 Å². The SMILES string of the molecule is COCCOc1cc(C)ccc1NC(=O)CCc1ccc(S(=O)(=O)N2CCOCC2)cc1. The number of methoxy groups -OCH3 is 1. The van der Waals surface area contributed by atoms with E-state index in [-0.39, 0.29) is 17.2 Å². The second kappa shape index (κ2) is 11.4. The fourth-order valence-corrected chi connectivity index (χ4v) is 4.73. The number of benzene rings is 2. The lowest BCUT2D eigenvalue weighted by Gasteiger charge is -2.26. The van der Waals surface area contributed by atoms with Gasteiger partial charge in [0.1, 0.15) is 12.4 Å². The van der Waals surface area contributed by atoms with Crippen LogP contribution in [0.15, 0.2) is 47.4 Å². The standard InChI is InChI=1S/C23H30N2O6S/c1-18-3-9-21(22(17-18)31-16-15-29-2)24-23(26)10-6-19-4-7-20(8-5-19)32(27,28)25-11-13-30-14-12-25/h3-5,7-9,17H,6,10-16H2,1-2H3,(H,24,26). The molecule has 1 N–H and O–H groups in total. The summed E-state index contributed by atoms with van der Waals surface area (Å²) in [7, 11) is -1.91. The minimum atomic E-state index is -3.52. The number of rotatable bonds is 10. The summed E-state index contributed by atoms with van der Waals surface area (Å²) in [6.07, 6.45) is 0.760. The number of amides is 1. The molecule has 0 saturated carbocycles. The van der Waals surface area contributed by atoms with Crippen molar-refractivity contribution in [1.82, 2.24) is 4.31 Å². The smallest absolute Gasteiger partial charge is 0.243 e. The maximum absolute atomic E-state index is 12.7. The molecule has 1 heterocycles. The highest BCUT2D eigenvalue weighted by molar-refractivity contribution is 7.89. The maximum Gasteiger partial charge on any atom is 0.243 e. The van der Waals surface area contributed by atoms with Crippen molar-refractivity contribution in [2.24, 2.45) is 0 Å². The molecule has 8 nitrogen and oxygen atoms in total. The number of sulfonamides is 1. The molecule has 9 heteroatoms. The quantitative estimate of drug-likeness (QED) is 0.546. The van der Waals surface area contributed by atoms with E-state index in [1.165, 1.54) is 4.31 Å². The number of nitrogens with zero attached hydrogens (tertiary/aromatic N) is 1. The summed E-state index contributed by atoms with van der Waals surface area (Å²) in [6, 6.07) is 12.3. The van der Waals surface area contributed by atoms with Gasteiger partial charge < -0.3 is 19.5 Å². The Morgan fingerprint density at radius 1 is 1.09 bits per heavy atom. The van der Waals surface area contributed by atoms with Gasteiger partial charge in [0.15, 0.2) is 0 Å². The number of anilines is 1. The molecule has 32 heavy (non-hydrogen) atoms. The van der Waals surface area contributed by atoms with Crippen molar-refractivity contribution in [3.63, 3.8) is 0 Å². The summed E-state index contributed by atoms with van der Waals surface area (Å²) >= 11 is 0. The summed E-state index contributed by atoms with van der Waals surface area (Å²) in [4.78, 5) is 12.7. The third kappa shape index (κ3) is 6.52.